The number of hydrogen-bond donors (Lipinski definition) is 7. The zero-order chi connectivity index (χ0) is 79.6. The molecule has 28 nitrogen and oxygen atoms in total. The van der Waals surface area contributed by atoms with Crippen molar-refractivity contribution in [2.45, 2.75) is 297 Å². The van der Waals surface area contributed by atoms with Crippen LogP contribution in [0.15, 0.2) is 0 Å². The lowest BCUT2D eigenvalue weighted by molar-refractivity contribution is -0.152. The molecule has 11 atom stereocenters. The Morgan fingerprint density at radius 2 is 0.981 bits per heavy atom. The Kier molecular flexibility index (Phi) is 38.3. The van der Waals surface area contributed by atoms with Gasteiger partial charge in [0.15, 0.2) is 0 Å². The maximum atomic E-state index is 15.7. The normalized spacial score (nSPS) is 26.6. The minimum absolute atomic E-state index is 0.00637. The van der Waals surface area contributed by atoms with Crippen LogP contribution in [-0.2, 0) is 67.0 Å². The fraction of sp³-hybridized carbons (Fsp3) is 0.846. The maximum absolute atomic E-state index is 15.7. The van der Waals surface area contributed by atoms with E-state index in [0.29, 0.717) is 38.8 Å². The molecule has 0 aromatic rings. The third-order valence-electron chi connectivity index (χ3n) is 21.3. The van der Waals surface area contributed by atoms with Crippen LogP contribution in [0.25, 0.3) is 0 Å². The molecule has 7 N–H and O–H groups in total. The zero-order valence-corrected chi connectivity index (χ0v) is 67.9. The van der Waals surface area contributed by atoms with Crippen molar-refractivity contribution in [1.29, 1.82) is 0 Å². The molecule has 2 aliphatic heterocycles. The molecule has 0 aromatic heterocycles. The summed E-state index contributed by atoms with van der Waals surface area (Å²) in [5.74, 6) is -10.3. The molecule has 12 amide bonds. The van der Waals surface area contributed by atoms with Gasteiger partial charge in [0.05, 0.1) is 44.5 Å². The Morgan fingerprint density at radius 1 is 0.509 bits per heavy atom. The molecule has 2 saturated heterocycles. The van der Waals surface area contributed by atoms with Gasteiger partial charge in [-0.25, -0.2) is 0 Å². The molecular weight excluding hydrogens is 1360 g/mol. The van der Waals surface area contributed by atoms with Crippen LogP contribution in [0.1, 0.15) is 225 Å². The number of aliphatic hydroxyl groups excluding tert-OH is 1. The molecule has 4 fully saturated rings. The molecule has 106 heavy (non-hydrogen) atoms. The van der Waals surface area contributed by atoms with E-state index in [9.17, 15) is 34.2 Å². The summed E-state index contributed by atoms with van der Waals surface area (Å²) in [5.41, 5.74) is -1.40. The highest BCUT2D eigenvalue weighted by Crippen LogP contribution is 2.32. The van der Waals surface area contributed by atoms with E-state index in [1.54, 1.807) is 39.5 Å². The molecule has 2 aliphatic carbocycles. The standard InChI is InChI=1S/C78H138N12O16/c1-20-35-90-44-64(93)84(15)59(39-49(4)5)68(94)80-57(45-105-38-34-48(2)3)73(99)87(18)62(42-55-32-26-22-27-33-55)75(101)88(19)67(52(10)11)71(97)79-56(74(100)89-36-28-23-29-37-89)43-63(92)82-65(51(8)9)76(102)86(17)61(41-54-30-24-21-25-31-54)69(95)81-58(46-106-47-78(13,14)104)72(98)85(16)60(40-50(6)7)70(96)83-66(53(12)91)77(90)103/h48-62,65-67,91,104H,20-47H2,1-19H3,(H,79,97)(H,80,94)(H,81,95)(H,82,92)(H,83,96)/t53-,56+,57+,58+,59+,60+,61+,62+,65-,66+,67+/m1/s1. The molecule has 0 spiro atoms. The number of nitrogens with one attached hydrogen (secondary N) is 5. The van der Waals surface area contributed by atoms with Crippen LogP contribution in [0.5, 0.6) is 0 Å². The van der Waals surface area contributed by atoms with E-state index in [2.05, 4.69) is 26.6 Å². The largest absolute Gasteiger partial charge is 0.391 e. The van der Waals surface area contributed by atoms with E-state index in [-0.39, 0.29) is 81.6 Å². The molecule has 4 aliphatic rings. The van der Waals surface area contributed by atoms with E-state index in [1.165, 1.54) is 80.5 Å². The summed E-state index contributed by atoms with van der Waals surface area (Å²) in [6.45, 7) is 23.5. The Balaban J connectivity index is 2.01. The van der Waals surface area contributed by atoms with Crippen molar-refractivity contribution in [3.8, 4) is 0 Å². The minimum atomic E-state index is -1.68. The summed E-state index contributed by atoms with van der Waals surface area (Å²) in [5, 5.41) is 36.5. The quantitative estimate of drug-likeness (QED) is 0.0677. The molecular formula is C78H138N12O16. The Morgan fingerprint density at radius 3 is 1.46 bits per heavy atom. The molecule has 2 saturated carbocycles. The number of carbonyl (C=O) groups is 12. The fourth-order valence-electron chi connectivity index (χ4n) is 15.0. The number of likely N-dealkylation sites (N-methyl/N-ethyl adjacent to an activating group) is 5. The molecule has 0 radical (unpaired) electrons. The SMILES string of the molecule is CCCN1CC(=O)N(C)[C@@H](CC(C)C)C(=O)N[C@@H](COCCC(C)C)C(=O)N(C)[C@@H](CC2CCCCC2)C(=O)N(C)[C@@H](C(C)C)C(=O)N[C@H](C(=O)N2CCCCC2)CC(=O)N[C@H](C(C)C)C(=O)N(C)[C@@H](CC2CCCCC2)C(=O)N[C@@H](COCC(C)(C)O)C(=O)N(C)[C@@H](CC(C)C)C(=O)N[C@@H]([C@@H](C)O)C1=O. The van der Waals surface area contributed by atoms with Crippen LogP contribution in [0.4, 0.5) is 0 Å². The predicted molar refractivity (Wildman–Crippen MR) is 404 cm³/mol. The van der Waals surface area contributed by atoms with Crippen LogP contribution in [0.2, 0.25) is 0 Å². The van der Waals surface area contributed by atoms with Gasteiger partial charge in [0, 0.05) is 61.5 Å². The van der Waals surface area contributed by atoms with Gasteiger partial charge < -0.3 is 80.6 Å². The van der Waals surface area contributed by atoms with Gasteiger partial charge in [0.25, 0.3) is 0 Å². The minimum Gasteiger partial charge on any atom is -0.391 e. The first-order valence-electron chi connectivity index (χ1n) is 39.7. The molecule has 4 rings (SSSR count). The fourth-order valence-corrected chi connectivity index (χ4v) is 15.0. The number of amides is 12. The summed E-state index contributed by atoms with van der Waals surface area (Å²) in [6.07, 6.45) is 9.93. The van der Waals surface area contributed by atoms with E-state index in [1.807, 2.05) is 41.5 Å². The van der Waals surface area contributed by atoms with Gasteiger partial charge in [-0.15, -0.1) is 0 Å². The summed E-state index contributed by atoms with van der Waals surface area (Å²) in [7, 11) is 7.17. The van der Waals surface area contributed by atoms with E-state index < -0.39 is 174 Å². The van der Waals surface area contributed by atoms with E-state index in [0.717, 1.165) is 75.5 Å². The van der Waals surface area contributed by atoms with Crippen molar-refractivity contribution in [3.05, 3.63) is 0 Å². The highest BCUT2D eigenvalue weighted by molar-refractivity contribution is 6.00. The lowest BCUT2D eigenvalue weighted by Gasteiger charge is -2.39. The monoisotopic (exact) mass is 1500 g/mol. The van der Waals surface area contributed by atoms with Crippen LogP contribution >= 0.6 is 0 Å². The molecule has 606 valence electrons. The van der Waals surface area contributed by atoms with Crippen molar-refractivity contribution < 1.29 is 77.2 Å². The molecule has 0 aromatic carbocycles. The smallest absolute Gasteiger partial charge is 0.248 e. The van der Waals surface area contributed by atoms with E-state index >= 15 is 33.6 Å². The second-order valence-electron chi connectivity index (χ2n) is 33.4. The number of nitrogens with zero attached hydrogens (tertiary/aromatic N) is 7. The van der Waals surface area contributed by atoms with Crippen LogP contribution < -0.4 is 26.6 Å². The molecule has 0 unspecified atom stereocenters. The van der Waals surface area contributed by atoms with Gasteiger partial charge in [0.1, 0.15) is 60.4 Å². The van der Waals surface area contributed by atoms with Crippen molar-refractivity contribution >= 4 is 70.9 Å². The molecule has 0 bridgehead atoms. The first-order chi connectivity index (χ1) is 49.7. The third kappa shape index (κ3) is 28.5. The number of likely N-dealkylation sites (tertiary alicyclic amines) is 1. The number of carbonyl (C=O) groups excluding carboxylic acids is 12. The van der Waals surface area contributed by atoms with Crippen molar-refractivity contribution in [1.82, 2.24) is 60.9 Å². The number of ether oxygens (including phenoxy) is 2. The summed E-state index contributed by atoms with van der Waals surface area (Å²) in [4.78, 5) is 191. The zero-order valence-electron chi connectivity index (χ0n) is 67.9. The Hall–Kier alpha value is -6.52. The summed E-state index contributed by atoms with van der Waals surface area (Å²) < 4.78 is 12.1. The van der Waals surface area contributed by atoms with Crippen LogP contribution in [0, 0.1) is 41.4 Å². The molecule has 28 heteroatoms. The predicted octanol–water partition coefficient (Wildman–Crippen LogP) is 4.78. The number of piperidine rings is 1. The maximum Gasteiger partial charge on any atom is 0.248 e. The second-order valence-corrected chi connectivity index (χ2v) is 33.4. The second kappa shape index (κ2) is 44.2. The van der Waals surface area contributed by atoms with Gasteiger partial charge in [-0.05, 0) is 120 Å². The highest BCUT2D eigenvalue weighted by atomic mass is 16.5. The van der Waals surface area contributed by atoms with Crippen LogP contribution in [-0.4, -0.2) is 275 Å². The van der Waals surface area contributed by atoms with Crippen LogP contribution in [0.3, 0.4) is 0 Å². The Labute approximate surface area is 633 Å². The first-order valence-corrected chi connectivity index (χ1v) is 39.7. The van der Waals surface area contributed by atoms with Gasteiger partial charge in [-0.3, -0.25) is 57.5 Å². The first kappa shape index (κ1) is 91.9. The van der Waals surface area contributed by atoms with Crippen molar-refractivity contribution in [2.24, 2.45) is 41.4 Å². The van der Waals surface area contributed by atoms with Gasteiger partial charge in [0.2, 0.25) is 70.9 Å². The summed E-state index contributed by atoms with van der Waals surface area (Å²) in [6, 6.07) is -13.8. The van der Waals surface area contributed by atoms with Gasteiger partial charge in [-0.2, -0.15) is 0 Å². The topological polar surface area (TPSA) is 347 Å². The average Bonchev–Trinajstić information content (AvgIpc) is 0.815. The highest BCUT2D eigenvalue weighted by Gasteiger charge is 2.45. The lowest BCUT2D eigenvalue weighted by atomic mass is 9.84. The average molecular weight is 1500 g/mol. The third-order valence-corrected chi connectivity index (χ3v) is 21.3. The number of rotatable bonds is 23. The van der Waals surface area contributed by atoms with Crippen molar-refractivity contribution in [2.75, 3.05) is 87.8 Å². The van der Waals surface area contributed by atoms with Crippen molar-refractivity contribution in [3.63, 3.8) is 0 Å². The van der Waals surface area contributed by atoms with E-state index in [4.69, 9.17) is 9.47 Å². The number of hydrogen-bond acceptors (Lipinski definition) is 16. The Bertz CT molecular complexity index is 2870. The van der Waals surface area contributed by atoms with Gasteiger partial charge >= 0.3 is 0 Å². The van der Waals surface area contributed by atoms with Gasteiger partial charge in [-0.1, -0.05) is 140 Å². The number of aliphatic hydroxyl groups is 2. The lowest BCUT2D eigenvalue weighted by Crippen LogP contribution is -2.63. The molecule has 2 heterocycles. The summed E-state index contributed by atoms with van der Waals surface area (Å²) >= 11 is 0.